The van der Waals surface area contributed by atoms with Crippen LogP contribution in [0.3, 0.4) is 0 Å². The SMILES string of the molecule is C[C@@H]1CC2[C@@H]3CCC4=CC(=O)C=C[C@]4(C)C3[C@@H](O)C[C@]2(C)[C@H]1C(=O)O. The van der Waals surface area contributed by atoms with Crippen molar-refractivity contribution in [3.63, 3.8) is 0 Å². The number of carbonyl (C=O) groups is 2. The summed E-state index contributed by atoms with van der Waals surface area (Å²) in [6, 6.07) is 0. The second-order valence-electron chi connectivity index (χ2n) is 9.33. The summed E-state index contributed by atoms with van der Waals surface area (Å²) < 4.78 is 0. The van der Waals surface area contributed by atoms with E-state index in [-0.39, 0.29) is 34.4 Å². The number of fused-ring (bicyclic) bond motifs is 5. The van der Waals surface area contributed by atoms with Gasteiger partial charge in [0.25, 0.3) is 0 Å². The third kappa shape index (κ3) is 2.16. The number of carbonyl (C=O) groups excluding carboxylic acids is 1. The van der Waals surface area contributed by atoms with E-state index in [2.05, 4.69) is 20.8 Å². The summed E-state index contributed by atoms with van der Waals surface area (Å²) in [6.45, 7) is 6.30. The molecular formula is C21H28O4. The van der Waals surface area contributed by atoms with Gasteiger partial charge in [-0.3, -0.25) is 9.59 Å². The highest BCUT2D eigenvalue weighted by Crippen LogP contribution is 2.67. The molecule has 4 rings (SSSR count). The molecule has 0 aromatic carbocycles. The van der Waals surface area contributed by atoms with E-state index in [9.17, 15) is 19.8 Å². The minimum atomic E-state index is -0.714. The minimum absolute atomic E-state index is 0.0430. The number of allylic oxidation sites excluding steroid dienone is 4. The number of carboxylic acids is 1. The van der Waals surface area contributed by atoms with Crippen LogP contribution in [0.4, 0.5) is 0 Å². The molecule has 0 radical (unpaired) electrons. The Balaban J connectivity index is 1.76. The quantitative estimate of drug-likeness (QED) is 0.766. The molecule has 0 aromatic heterocycles. The summed E-state index contributed by atoms with van der Waals surface area (Å²) in [5.74, 6) is -0.167. The van der Waals surface area contributed by atoms with Crippen LogP contribution < -0.4 is 0 Å². The Morgan fingerprint density at radius 2 is 2.04 bits per heavy atom. The molecule has 4 nitrogen and oxygen atoms in total. The molecule has 0 bridgehead atoms. The Hall–Kier alpha value is -1.42. The van der Waals surface area contributed by atoms with E-state index in [1.54, 1.807) is 12.2 Å². The van der Waals surface area contributed by atoms with Crippen molar-refractivity contribution in [2.24, 2.45) is 40.4 Å². The highest BCUT2D eigenvalue weighted by atomic mass is 16.4. The lowest BCUT2D eigenvalue weighted by atomic mass is 9.47. The molecular weight excluding hydrogens is 316 g/mol. The monoisotopic (exact) mass is 344 g/mol. The van der Waals surface area contributed by atoms with Crippen LogP contribution in [0, 0.1) is 40.4 Å². The zero-order valence-corrected chi connectivity index (χ0v) is 15.2. The Kier molecular flexibility index (Phi) is 3.60. The molecule has 4 heteroatoms. The molecule has 2 N–H and O–H groups in total. The molecule has 0 spiro atoms. The van der Waals surface area contributed by atoms with Gasteiger partial charge in [0.2, 0.25) is 0 Å². The van der Waals surface area contributed by atoms with Crippen LogP contribution in [0.1, 0.15) is 46.5 Å². The molecule has 0 saturated heterocycles. The number of hydrogen-bond donors (Lipinski definition) is 2. The summed E-state index contributed by atoms with van der Waals surface area (Å²) >= 11 is 0. The molecule has 8 atom stereocenters. The third-order valence-corrected chi connectivity index (χ3v) is 8.10. The molecule has 3 saturated carbocycles. The number of rotatable bonds is 1. The summed E-state index contributed by atoms with van der Waals surface area (Å²) in [7, 11) is 0. The highest BCUT2D eigenvalue weighted by molar-refractivity contribution is 6.01. The van der Waals surface area contributed by atoms with E-state index < -0.39 is 12.1 Å². The summed E-state index contributed by atoms with van der Waals surface area (Å²) in [5.41, 5.74) is 0.532. The molecule has 25 heavy (non-hydrogen) atoms. The molecule has 0 aromatic rings. The van der Waals surface area contributed by atoms with E-state index in [0.717, 1.165) is 24.8 Å². The van der Waals surface area contributed by atoms with Gasteiger partial charge in [-0.25, -0.2) is 0 Å². The molecule has 4 aliphatic carbocycles. The molecule has 0 heterocycles. The molecule has 3 fully saturated rings. The van der Waals surface area contributed by atoms with Crippen molar-refractivity contribution in [2.45, 2.75) is 52.6 Å². The summed E-state index contributed by atoms with van der Waals surface area (Å²) in [5, 5.41) is 20.9. The topological polar surface area (TPSA) is 74.6 Å². The number of hydrogen-bond acceptors (Lipinski definition) is 3. The van der Waals surface area contributed by atoms with Crippen LogP contribution in [-0.4, -0.2) is 28.1 Å². The molecule has 2 unspecified atom stereocenters. The van der Waals surface area contributed by atoms with Crippen molar-refractivity contribution in [3.05, 3.63) is 23.8 Å². The molecule has 0 amide bonds. The highest BCUT2D eigenvalue weighted by Gasteiger charge is 2.64. The third-order valence-electron chi connectivity index (χ3n) is 8.10. The Morgan fingerprint density at radius 3 is 2.72 bits per heavy atom. The van der Waals surface area contributed by atoms with Crippen molar-refractivity contribution < 1.29 is 19.8 Å². The van der Waals surface area contributed by atoms with Crippen LogP contribution in [0.25, 0.3) is 0 Å². The van der Waals surface area contributed by atoms with Gasteiger partial charge in [0.15, 0.2) is 5.78 Å². The maximum absolute atomic E-state index is 11.9. The van der Waals surface area contributed by atoms with Gasteiger partial charge in [0.05, 0.1) is 12.0 Å². The molecule has 4 aliphatic rings. The smallest absolute Gasteiger partial charge is 0.307 e. The number of ketones is 1. The summed E-state index contributed by atoms with van der Waals surface area (Å²) in [4.78, 5) is 23.7. The zero-order chi connectivity index (χ0) is 18.1. The lowest BCUT2D eigenvalue weighted by molar-refractivity contribution is -0.156. The lowest BCUT2D eigenvalue weighted by Crippen LogP contribution is -2.56. The van der Waals surface area contributed by atoms with Crippen molar-refractivity contribution >= 4 is 11.8 Å². The van der Waals surface area contributed by atoms with E-state index in [0.29, 0.717) is 18.3 Å². The van der Waals surface area contributed by atoms with Crippen molar-refractivity contribution in [1.29, 1.82) is 0 Å². The second-order valence-corrected chi connectivity index (χ2v) is 9.33. The van der Waals surface area contributed by atoms with Crippen LogP contribution >= 0.6 is 0 Å². The van der Waals surface area contributed by atoms with Gasteiger partial charge in [-0.1, -0.05) is 32.4 Å². The predicted octanol–water partition coefficient (Wildman–Crippen LogP) is 3.21. The zero-order valence-electron chi connectivity index (χ0n) is 15.2. The fourth-order valence-electron chi connectivity index (χ4n) is 7.22. The van der Waals surface area contributed by atoms with E-state index >= 15 is 0 Å². The molecule has 0 aliphatic heterocycles. The Bertz CT molecular complexity index is 692. The van der Waals surface area contributed by atoms with E-state index in [1.165, 1.54) is 0 Å². The van der Waals surface area contributed by atoms with Crippen LogP contribution in [0.5, 0.6) is 0 Å². The van der Waals surface area contributed by atoms with Crippen LogP contribution in [0.15, 0.2) is 23.8 Å². The normalized spacial score (nSPS) is 51.4. The first-order valence-corrected chi connectivity index (χ1v) is 9.53. The predicted molar refractivity (Wildman–Crippen MR) is 93.7 cm³/mol. The van der Waals surface area contributed by atoms with Gasteiger partial charge in [-0.2, -0.15) is 0 Å². The van der Waals surface area contributed by atoms with Gasteiger partial charge in [-0.05, 0) is 61.0 Å². The van der Waals surface area contributed by atoms with Gasteiger partial charge in [0.1, 0.15) is 0 Å². The van der Waals surface area contributed by atoms with Crippen LogP contribution in [-0.2, 0) is 9.59 Å². The maximum Gasteiger partial charge on any atom is 0.307 e. The Labute approximate surface area is 149 Å². The molecule has 136 valence electrons. The van der Waals surface area contributed by atoms with Crippen molar-refractivity contribution in [2.75, 3.05) is 0 Å². The fourth-order valence-corrected chi connectivity index (χ4v) is 7.22. The van der Waals surface area contributed by atoms with Gasteiger partial charge in [-0.15, -0.1) is 0 Å². The first-order valence-electron chi connectivity index (χ1n) is 9.53. The second kappa shape index (κ2) is 5.29. The minimum Gasteiger partial charge on any atom is -0.481 e. The first-order chi connectivity index (χ1) is 11.7. The van der Waals surface area contributed by atoms with Crippen molar-refractivity contribution in [3.8, 4) is 0 Å². The maximum atomic E-state index is 11.9. The van der Waals surface area contributed by atoms with Crippen LogP contribution in [0.2, 0.25) is 0 Å². The largest absolute Gasteiger partial charge is 0.481 e. The standard InChI is InChI=1S/C21H28O4/c1-11-8-15-14-5-4-12-9-13(22)6-7-20(12,2)18(14)16(23)10-21(15,3)17(11)19(24)25/h6-7,9,11,14-18,23H,4-5,8,10H2,1-3H3,(H,24,25)/t11-,14+,15?,16+,17-,18?,20+,21+/m1/s1. The summed E-state index contributed by atoms with van der Waals surface area (Å²) in [6.07, 6.45) is 8.18. The number of carboxylic acid groups (broad SMARTS) is 1. The number of aliphatic carboxylic acids is 1. The van der Waals surface area contributed by atoms with Gasteiger partial charge in [0, 0.05) is 11.3 Å². The average molecular weight is 344 g/mol. The lowest BCUT2D eigenvalue weighted by Gasteiger charge is -2.58. The average Bonchev–Trinajstić information content (AvgIpc) is 2.77. The number of aliphatic hydroxyl groups excluding tert-OH is 1. The first kappa shape index (κ1) is 17.0. The van der Waals surface area contributed by atoms with E-state index in [4.69, 9.17) is 0 Å². The Morgan fingerprint density at radius 1 is 1.32 bits per heavy atom. The van der Waals surface area contributed by atoms with Gasteiger partial charge < -0.3 is 10.2 Å². The van der Waals surface area contributed by atoms with E-state index in [1.807, 2.05) is 6.08 Å². The fraction of sp³-hybridized carbons (Fsp3) is 0.714. The number of aliphatic hydroxyl groups is 1. The van der Waals surface area contributed by atoms with Crippen molar-refractivity contribution in [1.82, 2.24) is 0 Å². The van der Waals surface area contributed by atoms with Gasteiger partial charge >= 0.3 is 5.97 Å².